The minimum absolute atomic E-state index is 0.0220. The van der Waals surface area contributed by atoms with E-state index in [0.29, 0.717) is 0 Å². The Kier molecular flexibility index (Phi) is 7.57. The molecule has 0 heteroatoms. The van der Waals surface area contributed by atoms with Crippen LogP contribution in [0.5, 0.6) is 0 Å². The Labute approximate surface area is 320 Å². The third-order valence-corrected chi connectivity index (χ3v) is 13.6. The van der Waals surface area contributed by atoms with Crippen molar-refractivity contribution >= 4 is 21.5 Å². The van der Waals surface area contributed by atoms with E-state index in [1.54, 1.807) is 0 Å². The lowest BCUT2D eigenvalue weighted by molar-refractivity contribution is 0.490. The van der Waals surface area contributed by atoms with E-state index in [2.05, 4.69) is 185 Å². The Balaban J connectivity index is 1.01. The van der Waals surface area contributed by atoms with Gasteiger partial charge >= 0.3 is 0 Å². The summed E-state index contributed by atoms with van der Waals surface area (Å²) in [5, 5.41) is 5.10. The van der Waals surface area contributed by atoms with Crippen LogP contribution in [0, 0.1) is 0 Å². The Bertz CT molecular complexity index is 2770. The van der Waals surface area contributed by atoms with Gasteiger partial charge in [0.25, 0.3) is 0 Å². The van der Waals surface area contributed by atoms with E-state index in [9.17, 15) is 0 Å². The van der Waals surface area contributed by atoms with Gasteiger partial charge < -0.3 is 0 Å². The Morgan fingerprint density at radius 1 is 0.278 bits per heavy atom. The molecule has 54 heavy (non-hydrogen) atoms. The first-order chi connectivity index (χ1) is 26.5. The normalized spacial score (nSPS) is 14.5. The summed E-state index contributed by atoms with van der Waals surface area (Å²) >= 11 is 0. The molecule has 0 radical (unpaired) electrons. The molecular weight excluding hydrogens is 649 g/mol. The predicted octanol–water partition coefficient (Wildman–Crippen LogP) is 15.2. The topological polar surface area (TPSA) is 0 Å². The van der Waals surface area contributed by atoms with Crippen molar-refractivity contribution in [2.24, 2.45) is 0 Å². The molecule has 0 atom stereocenters. The van der Waals surface area contributed by atoms with Gasteiger partial charge in [0.2, 0.25) is 0 Å². The fourth-order valence-corrected chi connectivity index (χ4v) is 10.5. The summed E-state index contributed by atoms with van der Waals surface area (Å²) in [6.07, 6.45) is 4.36. The lowest BCUT2D eigenvalue weighted by Crippen LogP contribution is -2.23. The first kappa shape index (κ1) is 32.9. The average molecular weight is 695 g/mol. The Morgan fingerprint density at radius 3 is 1.06 bits per heavy atom. The Hall–Kier alpha value is -5.72. The van der Waals surface area contributed by atoms with Crippen LogP contribution in [0.15, 0.2) is 158 Å². The molecule has 262 valence electrons. The van der Waals surface area contributed by atoms with E-state index in [4.69, 9.17) is 0 Å². The maximum absolute atomic E-state index is 2.54. The monoisotopic (exact) mass is 694 g/mol. The van der Waals surface area contributed by atoms with Crippen molar-refractivity contribution in [1.82, 2.24) is 0 Å². The van der Waals surface area contributed by atoms with E-state index in [1.807, 2.05) is 0 Å². The van der Waals surface area contributed by atoms with Crippen molar-refractivity contribution < 1.29 is 0 Å². The maximum atomic E-state index is 2.54. The quantitative estimate of drug-likeness (QED) is 0.156. The third-order valence-electron chi connectivity index (χ3n) is 13.6. The standard InChI is InChI=1S/C54H46/c1-5-53(6-2)49-16-12-11-15-45(49)46-26-24-43(33-50(46)53)44-25-28-48-47-27-23-42(32-51(47)54(7-3,8-4)52(48)34-44)41-22-21-39-30-38(19-20-40(39)31-41)37-18-17-35-13-9-10-14-36(35)29-37/h9-34H,5-8H2,1-4H3. The zero-order valence-electron chi connectivity index (χ0n) is 31.8. The van der Waals surface area contributed by atoms with E-state index >= 15 is 0 Å². The molecule has 0 unspecified atom stereocenters. The summed E-state index contributed by atoms with van der Waals surface area (Å²) in [5.41, 5.74) is 19.4. The number of fused-ring (bicyclic) bond motifs is 8. The molecule has 2 aliphatic rings. The summed E-state index contributed by atoms with van der Waals surface area (Å²) < 4.78 is 0. The lowest BCUT2D eigenvalue weighted by atomic mass is 9.72. The average Bonchev–Trinajstić information content (AvgIpc) is 3.69. The molecule has 2 aliphatic carbocycles. The summed E-state index contributed by atoms with van der Waals surface area (Å²) in [6, 6.07) is 60.2. The first-order valence-electron chi connectivity index (χ1n) is 20.1. The molecule has 10 rings (SSSR count). The van der Waals surface area contributed by atoms with Gasteiger partial charge in [-0.3, -0.25) is 0 Å². The molecule has 8 aromatic rings. The predicted molar refractivity (Wildman–Crippen MR) is 231 cm³/mol. The number of benzene rings is 8. The van der Waals surface area contributed by atoms with Crippen LogP contribution in [0.4, 0.5) is 0 Å². The van der Waals surface area contributed by atoms with Crippen molar-refractivity contribution in [3.05, 3.63) is 180 Å². The van der Waals surface area contributed by atoms with Crippen LogP contribution in [0.1, 0.15) is 75.6 Å². The fourth-order valence-electron chi connectivity index (χ4n) is 10.5. The number of hydrogen-bond acceptors (Lipinski definition) is 0. The molecule has 0 heterocycles. The molecule has 0 bridgehead atoms. The highest BCUT2D eigenvalue weighted by Gasteiger charge is 2.42. The van der Waals surface area contributed by atoms with Gasteiger partial charge in [0.05, 0.1) is 0 Å². The molecule has 0 nitrogen and oxygen atoms in total. The molecule has 0 saturated heterocycles. The molecule has 8 aromatic carbocycles. The van der Waals surface area contributed by atoms with Gasteiger partial charge in [-0.2, -0.15) is 0 Å². The van der Waals surface area contributed by atoms with E-state index < -0.39 is 0 Å². The largest absolute Gasteiger partial charge is 0.0642 e. The van der Waals surface area contributed by atoms with Crippen LogP contribution in [-0.4, -0.2) is 0 Å². The van der Waals surface area contributed by atoms with Crippen molar-refractivity contribution in [3.8, 4) is 55.6 Å². The first-order valence-corrected chi connectivity index (χ1v) is 20.1. The highest BCUT2D eigenvalue weighted by molar-refractivity contribution is 5.94. The van der Waals surface area contributed by atoms with Crippen molar-refractivity contribution in [2.75, 3.05) is 0 Å². The van der Waals surface area contributed by atoms with Crippen LogP contribution in [0.3, 0.4) is 0 Å². The summed E-state index contributed by atoms with van der Waals surface area (Å²) in [4.78, 5) is 0. The molecule has 0 aromatic heterocycles. The molecule has 0 aliphatic heterocycles. The highest BCUT2D eigenvalue weighted by atomic mass is 14.4. The van der Waals surface area contributed by atoms with Crippen LogP contribution in [-0.2, 0) is 10.8 Å². The minimum Gasteiger partial charge on any atom is -0.0642 e. The van der Waals surface area contributed by atoms with Gasteiger partial charge in [-0.15, -0.1) is 0 Å². The second kappa shape index (κ2) is 12.4. The van der Waals surface area contributed by atoms with Crippen molar-refractivity contribution in [1.29, 1.82) is 0 Å². The second-order valence-corrected chi connectivity index (χ2v) is 15.7. The molecular formula is C54H46. The SMILES string of the molecule is CCC1(CC)c2ccccc2-c2ccc(-c3ccc4c(c3)C(CC)(CC)c3cc(-c5ccc6cc(-c7ccc8ccccc8c7)ccc6c5)ccc3-4)cc21. The Morgan fingerprint density at radius 2 is 0.593 bits per heavy atom. The smallest absolute Gasteiger partial charge is 0.0210 e. The van der Waals surface area contributed by atoms with E-state index in [-0.39, 0.29) is 10.8 Å². The van der Waals surface area contributed by atoms with Gasteiger partial charge in [-0.05, 0) is 162 Å². The summed E-state index contributed by atoms with van der Waals surface area (Å²) in [7, 11) is 0. The van der Waals surface area contributed by atoms with Crippen LogP contribution < -0.4 is 0 Å². The van der Waals surface area contributed by atoms with Crippen molar-refractivity contribution in [3.63, 3.8) is 0 Å². The minimum atomic E-state index is -0.0220. The highest BCUT2D eigenvalue weighted by Crippen LogP contribution is 2.56. The molecule has 0 fully saturated rings. The number of hydrogen-bond donors (Lipinski definition) is 0. The van der Waals surface area contributed by atoms with Crippen LogP contribution in [0.25, 0.3) is 77.2 Å². The fraction of sp³-hybridized carbons (Fsp3) is 0.185. The zero-order chi connectivity index (χ0) is 36.6. The van der Waals surface area contributed by atoms with Gasteiger partial charge in [-0.1, -0.05) is 149 Å². The van der Waals surface area contributed by atoms with Gasteiger partial charge in [0.15, 0.2) is 0 Å². The van der Waals surface area contributed by atoms with Crippen molar-refractivity contribution in [2.45, 2.75) is 64.2 Å². The molecule has 0 spiro atoms. The van der Waals surface area contributed by atoms with Crippen LogP contribution in [0.2, 0.25) is 0 Å². The van der Waals surface area contributed by atoms with E-state index in [0.717, 1.165) is 25.7 Å². The molecule has 0 N–H and O–H groups in total. The molecule has 0 amide bonds. The van der Waals surface area contributed by atoms with Gasteiger partial charge in [0, 0.05) is 10.8 Å². The molecule has 0 saturated carbocycles. The van der Waals surface area contributed by atoms with Gasteiger partial charge in [-0.25, -0.2) is 0 Å². The number of rotatable bonds is 7. The van der Waals surface area contributed by atoms with Gasteiger partial charge in [0.1, 0.15) is 0 Å². The summed E-state index contributed by atoms with van der Waals surface area (Å²) in [6.45, 7) is 9.49. The van der Waals surface area contributed by atoms with Crippen LogP contribution >= 0.6 is 0 Å². The second-order valence-electron chi connectivity index (χ2n) is 15.7. The summed E-state index contributed by atoms with van der Waals surface area (Å²) in [5.74, 6) is 0. The zero-order valence-corrected chi connectivity index (χ0v) is 31.8. The van der Waals surface area contributed by atoms with E-state index in [1.165, 1.54) is 99.4 Å². The lowest BCUT2D eigenvalue weighted by Gasteiger charge is -2.31. The maximum Gasteiger partial charge on any atom is 0.0210 e. The third kappa shape index (κ3) is 4.69.